The molecule has 2 aromatic heterocycles. The molecule has 116 valence electrons. The van der Waals surface area contributed by atoms with E-state index in [-0.39, 0.29) is 12.0 Å². The monoisotopic (exact) mass is 302 g/mol. The second-order valence-electron chi connectivity index (χ2n) is 5.94. The van der Waals surface area contributed by atoms with Crippen LogP contribution in [-0.2, 0) is 17.8 Å². The van der Waals surface area contributed by atoms with Crippen LogP contribution >= 0.6 is 0 Å². The topological polar surface area (TPSA) is 73.4 Å². The summed E-state index contributed by atoms with van der Waals surface area (Å²) < 4.78 is 12.7. The number of hydrogen-bond donors (Lipinski definition) is 0. The maximum atomic E-state index is 12.7. The molecule has 0 bridgehead atoms. The van der Waals surface area contributed by atoms with Gasteiger partial charge in [-0.15, -0.1) is 0 Å². The average Bonchev–Trinajstić information content (AvgIpc) is 3.16. The van der Waals surface area contributed by atoms with Crippen molar-refractivity contribution in [1.29, 1.82) is 0 Å². The Balaban J connectivity index is 1.58. The summed E-state index contributed by atoms with van der Waals surface area (Å²) in [6.45, 7) is 1.67. The highest BCUT2D eigenvalue weighted by Crippen LogP contribution is 2.40. The highest BCUT2D eigenvalue weighted by atomic mass is 16.5. The standard InChI is InChI=1S/C15H18N4O3/c1-21-12-8-18(7-11-4-5-16-19(11)9-12)15(20)13-6-14(22-17-13)10-2-3-10/h4-6,10,12H,2-3,7-9H2,1H3/t12-/m0/s1. The van der Waals surface area contributed by atoms with Crippen LogP contribution in [0, 0.1) is 0 Å². The Morgan fingerprint density at radius 3 is 3.05 bits per heavy atom. The molecule has 0 spiro atoms. The lowest BCUT2D eigenvalue weighted by atomic mass is 10.2. The molecule has 7 nitrogen and oxygen atoms in total. The third kappa shape index (κ3) is 2.41. The van der Waals surface area contributed by atoms with Gasteiger partial charge < -0.3 is 14.2 Å². The first-order chi connectivity index (χ1) is 10.7. The predicted molar refractivity (Wildman–Crippen MR) is 76.2 cm³/mol. The summed E-state index contributed by atoms with van der Waals surface area (Å²) in [5.41, 5.74) is 1.38. The molecule has 1 aliphatic heterocycles. The summed E-state index contributed by atoms with van der Waals surface area (Å²) >= 11 is 0. The fourth-order valence-electron chi connectivity index (χ4n) is 2.83. The SMILES string of the molecule is CO[C@H]1CN(C(=O)c2cc(C3CC3)on2)Cc2ccnn2C1. The van der Waals surface area contributed by atoms with E-state index in [0.717, 1.165) is 24.3 Å². The first-order valence-electron chi connectivity index (χ1n) is 7.54. The fraction of sp³-hybridized carbons (Fsp3) is 0.533. The third-order valence-corrected chi connectivity index (χ3v) is 4.31. The molecular weight excluding hydrogens is 284 g/mol. The Kier molecular flexibility index (Phi) is 3.22. The summed E-state index contributed by atoms with van der Waals surface area (Å²) in [6, 6.07) is 3.71. The van der Waals surface area contributed by atoms with Crippen molar-refractivity contribution in [1.82, 2.24) is 19.8 Å². The molecule has 4 rings (SSSR count). The number of carbonyl (C=O) groups is 1. The number of rotatable bonds is 3. The number of hydrogen-bond acceptors (Lipinski definition) is 5. The minimum Gasteiger partial charge on any atom is -0.378 e. The van der Waals surface area contributed by atoms with E-state index in [0.29, 0.717) is 31.2 Å². The van der Waals surface area contributed by atoms with E-state index >= 15 is 0 Å². The van der Waals surface area contributed by atoms with E-state index in [2.05, 4.69) is 10.3 Å². The lowest BCUT2D eigenvalue weighted by molar-refractivity contribution is 0.0443. The minimum absolute atomic E-state index is 0.0834. The van der Waals surface area contributed by atoms with E-state index in [1.807, 2.05) is 10.7 Å². The number of ether oxygens (including phenoxy) is 1. The van der Waals surface area contributed by atoms with Gasteiger partial charge in [-0.2, -0.15) is 5.10 Å². The van der Waals surface area contributed by atoms with Crippen molar-refractivity contribution < 1.29 is 14.1 Å². The first-order valence-corrected chi connectivity index (χ1v) is 7.54. The zero-order valence-electron chi connectivity index (χ0n) is 12.4. The summed E-state index contributed by atoms with van der Waals surface area (Å²) in [5, 5.41) is 8.23. The molecule has 0 aromatic carbocycles. The molecule has 1 saturated carbocycles. The highest BCUT2D eigenvalue weighted by Gasteiger charge is 2.31. The second kappa shape index (κ2) is 5.24. The zero-order chi connectivity index (χ0) is 15.1. The lowest BCUT2D eigenvalue weighted by Crippen LogP contribution is -2.37. The number of aromatic nitrogens is 3. The summed E-state index contributed by atoms with van der Waals surface area (Å²) in [7, 11) is 1.66. The van der Waals surface area contributed by atoms with Gasteiger partial charge in [0.05, 0.1) is 24.9 Å². The Morgan fingerprint density at radius 2 is 2.27 bits per heavy atom. The Morgan fingerprint density at radius 1 is 1.41 bits per heavy atom. The number of methoxy groups -OCH3 is 1. The lowest BCUT2D eigenvalue weighted by Gasteiger charge is -2.22. The van der Waals surface area contributed by atoms with Crippen molar-refractivity contribution in [3.8, 4) is 0 Å². The minimum atomic E-state index is -0.118. The second-order valence-corrected chi connectivity index (χ2v) is 5.94. The van der Waals surface area contributed by atoms with E-state index in [9.17, 15) is 4.79 Å². The molecule has 2 aliphatic rings. The highest BCUT2D eigenvalue weighted by molar-refractivity contribution is 5.92. The van der Waals surface area contributed by atoms with Crippen molar-refractivity contribution in [2.45, 2.75) is 38.0 Å². The van der Waals surface area contributed by atoms with E-state index in [1.165, 1.54) is 0 Å². The van der Waals surface area contributed by atoms with Crippen LogP contribution in [0.25, 0.3) is 0 Å². The van der Waals surface area contributed by atoms with Crippen LogP contribution < -0.4 is 0 Å². The quantitative estimate of drug-likeness (QED) is 0.857. The Bertz CT molecular complexity index is 689. The largest absolute Gasteiger partial charge is 0.378 e. The number of amides is 1. The third-order valence-electron chi connectivity index (χ3n) is 4.31. The molecule has 1 amide bonds. The molecule has 0 saturated heterocycles. The maximum Gasteiger partial charge on any atom is 0.276 e. The molecule has 2 aromatic rings. The van der Waals surface area contributed by atoms with Gasteiger partial charge in [0, 0.05) is 31.8 Å². The van der Waals surface area contributed by atoms with Gasteiger partial charge in [0.25, 0.3) is 5.91 Å². The molecule has 1 atom stereocenters. The summed E-state index contributed by atoms with van der Waals surface area (Å²) in [5.74, 6) is 1.16. The molecule has 7 heteroatoms. The number of carbonyl (C=O) groups excluding carboxylic acids is 1. The van der Waals surface area contributed by atoms with Gasteiger partial charge in [-0.05, 0) is 18.9 Å². The first kappa shape index (κ1) is 13.5. The molecule has 1 fully saturated rings. The Hall–Kier alpha value is -2.15. The van der Waals surface area contributed by atoms with Crippen LogP contribution in [0.4, 0.5) is 0 Å². The Labute approximate surface area is 127 Å². The molecule has 1 aliphatic carbocycles. The van der Waals surface area contributed by atoms with Gasteiger partial charge >= 0.3 is 0 Å². The van der Waals surface area contributed by atoms with Crippen molar-refractivity contribution >= 4 is 5.91 Å². The number of nitrogens with zero attached hydrogens (tertiary/aromatic N) is 4. The van der Waals surface area contributed by atoms with Crippen LogP contribution in [0.1, 0.15) is 40.7 Å². The van der Waals surface area contributed by atoms with Crippen LogP contribution in [0.2, 0.25) is 0 Å². The van der Waals surface area contributed by atoms with Crippen LogP contribution in [0.15, 0.2) is 22.9 Å². The van der Waals surface area contributed by atoms with Crippen LogP contribution in [0.3, 0.4) is 0 Å². The zero-order valence-corrected chi connectivity index (χ0v) is 12.4. The molecule has 22 heavy (non-hydrogen) atoms. The normalized spacial score (nSPS) is 21.5. The molecular formula is C15H18N4O3. The fourth-order valence-corrected chi connectivity index (χ4v) is 2.83. The average molecular weight is 302 g/mol. The van der Waals surface area contributed by atoms with Crippen molar-refractivity contribution in [3.05, 3.63) is 35.5 Å². The van der Waals surface area contributed by atoms with E-state index in [1.54, 1.807) is 24.3 Å². The van der Waals surface area contributed by atoms with Crippen molar-refractivity contribution in [3.63, 3.8) is 0 Å². The molecule has 0 unspecified atom stereocenters. The van der Waals surface area contributed by atoms with Gasteiger partial charge in [0.1, 0.15) is 5.76 Å². The van der Waals surface area contributed by atoms with Crippen LogP contribution in [0.5, 0.6) is 0 Å². The molecule has 0 radical (unpaired) electrons. The van der Waals surface area contributed by atoms with Crippen LogP contribution in [-0.4, -0.2) is 45.5 Å². The van der Waals surface area contributed by atoms with Gasteiger partial charge in [-0.3, -0.25) is 9.48 Å². The molecule has 0 N–H and O–H groups in total. The van der Waals surface area contributed by atoms with Crippen molar-refractivity contribution in [2.24, 2.45) is 0 Å². The number of fused-ring (bicyclic) bond motifs is 1. The summed E-state index contributed by atoms with van der Waals surface area (Å²) in [6.07, 6.45) is 3.91. The summed E-state index contributed by atoms with van der Waals surface area (Å²) in [4.78, 5) is 14.5. The maximum absolute atomic E-state index is 12.7. The van der Waals surface area contributed by atoms with Gasteiger partial charge in [-0.25, -0.2) is 0 Å². The predicted octanol–water partition coefficient (Wildman–Crippen LogP) is 1.42. The van der Waals surface area contributed by atoms with E-state index < -0.39 is 0 Å². The van der Waals surface area contributed by atoms with Gasteiger partial charge in [0.15, 0.2) is 5.69 Å². The van der Waals surface area contributed by atoms with Crippen molar-refractivity contribution in [2.75, 3.05) is 13.7 Å². The van der Waals surface area contributed by atoms with Gasteiger partial charge in [0.2, 0.25) is 0 Å². The van der Waals surface area contributed by atoms with Gasteiger partial charge in [-0.1, -0.05) is 5.16 Å². The van der Waals surface area contributed by atoms with E-state index in [4.69, 9.17) is 9.26 Å². The smallest absolute Gasteiger partial charge is 0.276 e. The molecule has 3 heterocycles.